The molecule has 0 saturated heterocycles. The van der Waals surface area contributed by atoms with Crippen molar-refractivity contribution in [1.29, 1.82) is 0 Å². The van der Waals surface area contributed by atoms with Crippen LogP contribution in [0.4, 0.5) is 0 Å². The number of halogens is 1. The van der Waals surface area contributed by atoms with Gasteiger partial charge in [0.05, 0.1) is 4.47 Å². The van der Waals surface area contributed by atoms with Crippen molar-refractivity contribution in [2.45, 2.75) is 39.2 Å². The molecule has 0 bridgehead atoms. The maximum absolute atomic E-state index is 11.9. The van der Waals surface area contributed by atoms with Crippen molar-refractivity contribution in [2.75, 3.05) is 13.1 Å². The number of nitrogens with one attached hydrogen (secondary N) is 1. The van der Waals surface area contributed by atoms with Crippen LogP contribution in [0.2, 0.25) is 0 Å². The highest BCUT2D eigenvalue weighted by Crippen LogP contribution is 2.30. The number of unbranched alkanes of at least 4 members (excludes halogenated alkanes) is 1. The fourth-order valence-electron chi connectivity index (χ4n) is 1.80. The van der Waals surface area contributed by atoms with Crippen LogP contribution in [0, 0.1) is 0 Å². The van der Waals surface area contributed by atoms with Crippen LogP contribution in [0.5, 0.6) is 5.75 Å². The minimum atomic E-state index is -0.526. The topological polar surface area (TPSA) is 64.3 Å². The fourth-order valence-corrected chi connectivity index (χ4v) is 2.30. The van der Waals surface area contributed by atoms with E-state index in [4.69, 9.17) is 10.5 Å². The lowest BCUT2D eigenvalue weighted by molar-refractivity contribution is -0.127. The predicted molar refractivity (Wildman–Crippen MR) is 84.9 cm³/mol. The van der Waals surface area contributed by atoms with Gasteiger partial charge in [0.15, 0.2) is 6.10 Å². The van der Waals surface area contributed by atoms with Crippen molar-refractivity contribution >= 4 is 21.8 Å². The Morgan fingerprint density at radius 1 is 1.50 bits per heavy atom. The Morgan fingerprint density at radius 2 is 2.25 bits per heavy atom. The normalized spacial score (nSPS) is 12.0. The van der Waals surface area contributed by atoms with Crippen LogP contribution in [0.25, 0.3) is 0 Å². The molecule has 1 amide bonds. The van der Waals surface area contributed by atoms with Gasteiger partial charge in [0, 0.05) is 6.54 Å². The summed E-state index contributed by atoms with van der Waals surface area (Å²) in [4.78, 5) is 11.9. The Morgan fingerprint density at radius 3 is 2.90 bits per heavy atom. The number of ether oxygens (including phenoxy) is 1. The lowest BCUT2D eigenvalue weighted by Gasteiger charge is -2.18. The number of nitrogens with two attached hydrogens (primary N) is 1. The fraction of sp³-hybridized carbons (Fsp3) is 0.533. The molecule has 3 N–H and O–H groups in total. The van der Waals surface area contributed by atoms with Crippen molar-refractivity contribution in [2.24, 2.45) is 5.73 Å². The summed E-state index contributed by atoms with van der Waals surface area (Å²) in [6.07, 6.45) is 2.23. The number of rotatable bonds is 8. The SMILES string of the molecule is CCCCNC(=O)C(C)Oc1c(Br)cccc1CCN. The number of para-hydroxylation sites is 1. The number of amides is 1. The Kier molecular flexibility index (Phi) is 7.62. The standard InChI is InChI=1S/C15H23BrN2O2/c1-3-4-10-18-15(19)11(2)20-14-12(8-9-17)6-5-7-13(14)16/h5-7,11H,3-4,8-10,17H2,1-2H3,(H,18,19). The summed E-state index contributed by atoms with van der Waals surface area (Å²) in [7, 11) is 0. The molecule has 1 aromatic carbocycles. The Balaban J connectivity index is 2.69. The van der Waals surface area contributed by atoms with Gasteiger partial charge in [0.1, 0.15) is 5.75 Å². The van der Waals surface area contributed by atoms with Gasteiger partial charge in [-0.15, -0.1) is 0 Å². The third-order valence-corrected chi connectivity index (χ3v) is 3.58. The van der Waals surface area contributed by atoms with Crippen LogP contribution in [0.3, 0.4) is 0 Å². The van der Waals surface area contributed by atoms with E-state index in [0.29, 0.717) is 18.8 Å². The molecule has 0 heterocycles. The van der Waals surface area contributed by atoms with Gasteiger partial charge in [-0.2, -0.15) is 0 Å². The Hall–Kier alpha value is -1.07. The highest BCUT2D eigenvalue weighted by atomic mass is 79.9. The van der Waals surface area contributed by atoms with E-state index in [2.05, 4.69) is 28.2 Å². The molecule has 0 aliphatic rings. The largest absolute Gasteiger partial charge is 0.479 e. The van der Waals surface area contributed by atoms with E-state index in [1.54, 1.807) is 6.92 Å². The summed E-state index contributed by atoms with van der Waals surface area (Å²) in [6.45, 7) is 5.08. The van der Waals surface area contributed by atoms with Crippen molar-refractivity contribution in [3.8, 4) is 5.75 Å². The summed E-state index contributed by atoms with van der Waals surface area (Å²) < 4.78 is 6.65. The second kappa shape index (κ2) is 8.97. The van der Waals surface area contributed by atoms with Crippen molar-refractivity contribution in [3.63, 3.8) is 0 Å². The molecule has 1 aromatic rings. The first-order valence-corrected chi connectivity index (χ1v) is 7.81. The van der Waals surface area contributed by atoms with E-state index < -0.39 is 6.10 Å². The zero-order chi connectivity index (χ0) is 15.0. The molecular formula is C15H23BrN2O2. The highest BCUT2D eigenvalue weighted by molar-refractivity contribution is 9.10. The van der Waals surface area contributed by atoms with Gasteiger partial charge in [-0.25, -0.2) is 0 Å². The van der Waals surface area contributed by atoms with Crippen molar-refractivity contribution < 1.29 is 9.53 Å². The molecule has 4 nitrogen and oxygen atoms in total. The van der Waals surface area contributed by atoms with Gasteiger partial charge < -0.3 is 15.8 Å². The van der Waals surface area contributed by atoms with Crippen LogP contribution in [0.15, 0.2) is 22.7 Å². The molecule has 5 heteroatoms. The van der Waals surface area contributed by atoms with Gasteiger partial charge >= 0.3 is 0 Å². The van der Waals surface area contributed by atoms with Gasteiger partial charge in [-0.05, 0) is 53.9 Å². The number of benzene rings is 1. The van der Waals surface area contributed by atoms with Gasteiger partial charge in [-0.3, -0.25) is 4.79 Å². The van der Waals surface area contributed by atoms with E-state index in [9.17, 15) is 4.79 Å². The number of carbonyl (C=O) groups excluding carboxylic acids is 1. The summed E-state index contributed by atoms with van der Waals surface area (Å²) in [5, 5.41) is 2.87. The molecule has 1 atom stereocenters. The van der Waals surface area contributed by atoms with Gasteiger partial charge in [-0.1, -0.05) is 25.5 Å². The first-order chi connectivity index (χ1) is 9.60. The molecule has 0 saturated carbocycles. The van der Waals surface area contributed by atoms with E-state index >= 15 is 0 Å². The van der Waals surface area contributed by atoms with E-state index in [-0.39, 0.29) is 5.91 Å². The molecule has 0 radical (unpaired) electrons. The average Bonchev–Trinajstić information content (AvgIpc) is 2.43. The van der Waals surface area contributed by atoms with Crippen LogP contribution in [0.1, 0.15) is 32.3 Å². The minimum Gasteiger partial charge on any atom is -0.479 e. The third-order valence-electron chi connectivity index (χ3n) is 2.96. The minimum absolute atomic E-state index is 0.0899. The molecule has 112 valence electrons. The molecule has 0 aliphatic carbocycles. The smallest absolute Gasteiger partial charge is 0.260 e. The Labute approximate surface area is 129 Å². The molecule has 0 spiro atoms. The molecular weight excluding hydrogens is 320 g/mol. The first-order valence-electron chi connectivity index (χ1n) is 7.02. The molecule has 20 heavy (non-hydrogen) atoms. The lowest BCUT2D eigenvalue weighted by Crippen LogP contribution is -2.37. The Bertz CT molecular complexity index is 438. The number of carbonyl (C=O) groups is 1. The number of hydrogen-bond acceptors (Lipinski definition) is 3. The van der Waals surface area contributed by atoms with E-state index in [1.807, 2.05) is 18.2 Å². The average molecular weight is 343 g/mol. The molecule has 0 fully saturated rings. The zero-order valence-electron chi connectivity index (χ0n) is 12.1. The quantitative estimate of drug-likeness (QED) is 0.713. The van der Waals surface area contributed by atoms with Crippen LogP contribution in [-0.2, 0) is 11.2 Å². The van der Waals surface area contributed by atoms with E-state index in [0.717, 1.165) is 29.3 Å². The molecule has 0 aromatic heterocycles. The van der Waals surface area contributed by atoms with E-state index in [1.165, 1.54) is 0 Å². The second-order valence-corrected chi connectivity index (χ2v) is 5.53. The lowest BCUT2D eigenvalue weighted by atomic mass is 10.1. The van der Waals surface area contributed by atoms with Crippen LogP contribution >= 0.6 is 15.9 Å². The van der Waals surface area contributed by atoms with Crippen molar-refractivity contribution in [3.05, 3.63) is 28.2 Å². The van der Waals surface area contributed by atoms with Crippen LogP contribution in [-0.4, -0.2) is 25.1 Å². The maximum atomic E-state index is 11.9. The van der Waals surface area contributed by atoms with Gasteiger partial charge in [0.2, 0.25) is 0 Å². The number of hydrogen-bond donors (Lipinski definition) is 2. The molecule has 1 rings (SSSR count). The first kappa shape index (κ1) is 17.0. The molecule has 1 unspecified atom stereocenters. The second-order valence-electron chi connectivity index (χ2n) is 4.67. The van der Waals surface area contributed by atoms with Crippen LogP contribution < -0.4 is 15.8 Å². The summed E-state index contributed by atoms with van der Waals surface area (Å²) >= 11 is 3.46. The third kappa shape index (κ3) is 5.13. The highest BCUT2D eigenvalue weighted by Gasteiger charge is 2.17. The summed E-state index contributed by atoms with van der Waals surface area (Å²) in [5.41, 5.74) is 6.61. The van der Waals surface area contributed by atoms with Gasteiger partial charge in [0.25, 0.3) is 5.91 Å². The van der Waals surface area contributed by atoms with Crippen molar-refractivity contribution in [1.82, 2.24) is 5.32 Å². The summed E-state index contributed by atoms with van der Waals surface area (Å²) in [6, 6.07) is 5.81. The summed E-state index contributed by atoms with van der Waals surface area (Å²) in [5.74, 6) is 0.615. The monoisotopic (exact) mass is 342 g/mol. The zero-order valence-corrected chi connectivity index (χ0v) is 13.7. The maximum Gasteiger partial charge on any atom is 0.260 e. The molecule has 0 aliphatic heterocycles. The predicted octanol–water partition coefficient (Wildman–Crippen LogP) is 2.63.